The summed E-state index contributed by atoms with van der Waals surface area (Å²) in [5.74, 6) is 3.09. The Bertz CT molecular complexity index is 903. The highest BCUT2D eigenvalue weighted by Crippen LogP contribution is 2.25. The molecule has 4 rings (SSSR count). The number of piperazine rings is 1. The van der Waals surface area contributed by atoms with Crippen molar-refractivity contribution in [3.05, 3.63) is 47.5 Å². The molecule has 0 unspecified atom stereocenters. The molecule has 7 nitrogen and oxygen atoms in total. The summed E-state index contributed by atoms with van der Waals surface area (Å²) in [6.45, 7) is 8.33. The number of aromatic nitrogens is 1. The number of furan rings is 1. The average molecular weight is 425 g/mol. The first-order valence-corrected chi connectivity index (χ1v) is 11.3. The van der Waals surface area contributed by atoms with E-state index in [0.29, 0.717) is 23.7 Å². The molecule has 2 fully saturated rings. The van der Waals surface area contributed by atoms with Gasteiger partial charge < -0.3 is 19.1 Å². The van der Waals surface area contributed by atoms with E-state index in [-0.39, 0.29) is 11.8 Å². The van der Waals surface area contributed by atoms with Crippen molar-refractivity contribution < 1.29 is 14.0 Å². The fraction of sp³-hybridized carbons (Fsp3) is 0.542. The summed E-state index contributed by atoms with van der Waals surface area (Å²) in [4.78, 5) is 36.2. The van der Waals surface area contributed by atoms with E-state index in [2.05, 4.69) is 9.88 Å². The number of pyridine rings is 1. The molecule has 0 aromatic carbocycles. The van der Waals surface area contributed by atoms with E-state index in [0.717, 1.165) is 70.1 Å². The zero-order valence-electron chi connectivity index (χ0n) is 18.5. The Morgan fingerprint density at radius 1 is 1.10 bits per heavy atom. The van der Waals surface area contributed by atoms with Crippen LogP contribution in [-0.2, 0) is 4.79 Å². The molecule has 0 bridgehead atoms. The number of hydrogen-bond donors (Lipinski definition) is 0. The number of carbonyl (C=O) groups is 2. The van der Waals surface area contributed by atoms with Gasteiger partial charge in [-0.1, -0.05) is 6.07 Å². The lowest BCUT2D eigenvalue weighted by molar-refractivity contribution is -0.131. The van der Waals surface area contributed by atoms with Gasteiger partial charge in [-0.15, -0.1) is 0 Å². The summed E-state index contributed by atoms with van der Waals surface area (Å²) in [6.07, 6.45) is 5.27. The Hall–Kier alpha value is -2.83. The minimum atomic E-state index is 0.0519. The Kier molecular flexibility index (Phi) is 6.59. The lowest BCUT2D eigenvalue weighted by atomic mass is 9.92. The number of likely N-dealkylation sites (tertiary alicyclic amines) is 1. The summed E-state index contributed by atoms with van der Waals surface area (Å²) >= 11 is 0. The quantitative estimate of drug-likeness (QED) is 0.737. The maximum Gasteiger partial charge on any atom is 0.257 e. The maximum absolute atomic E-state index is 12.9. The van der Waals surface area contributed by atoms with Crippen LogP contribution in [0.2, 0.25) is 0 Å². The molecule has 0 radical (unpaired) electrons. The standard InChI is InChI=1S/C24H32N4O3/c1-18-16-21(19(2)31-18)24(30)28-11-5-6-20(17-28)8-9-23(29)27-14-12-26(13-15-27)22-7-3-4-10-25-22/h3-4,7,10,16,20H,5-6,8-9,11-15,17H2,1-2H3/t20-/m0/s1. The Morgan fingerprint density at radius 2 is 1.90 bits per heavy atom. The van der Waals surface area contributed by atoms with Crippen molar-refractivity contribution in [2.24, 2.45) is 5.92 Å². The number of piperidine rings is 1. The number of nitrogens with zero attached hydrogens (tertiary/aromatic N) is 4. The third-order valence-corrected chi connectivity index (χ3v) is 6.45. The highest BCUT2D eigenvalue weighted by atomic mass is 16.3. The van der Waals surface area contributed by atoms with Crippen LogP contribution in [-0.4, -0.2) is 65.9 Å². The van der Waals surface area contributed by atoms with E-state index in [1.807, 2.05) is 47.9 Å². The second-order valence-electron chi connectivity index (χ2n) is 8.68. The normalized spacial score (nSPS) is 19.5. The van der Waals surface area contributed by atoms with Crippen molar-refractivity contribution >= 4 is 17.6 Å². The minimum Gasteiger partial charge on any atom is -0.466 e. The molecule has 0 aliphatic carbocycles. The van der Waals surface area contributed by atoms with Crippen LogP contribution in [0.1, 0.15) is 47.6 Å². The van der Waals surface area contributed by atoms with Gasteiger partial charge in [0.25, 0.3) is 5.91 Å². The van der Waals surface area contributed by atoms with Gasteiger partial charge in [-0.2, -0.15) is 0 Å². The Labute approximate surface area is 184 Å². The minimum absolute atomic E-state index is 0.0519. The summed E-state index contributed by atoms with van der Waals surface area (Å²) < 4.78 is 5.53. The molecule has 2 aromatic heterocycles. The van der Waals surface area contributed by atoms with Crippen LogP contribution in [0.15, 0.2) is 34.9 Å². The molecular formula is C24H32N4O3. The van der Waals surface area contributed by atoms with Crippen LogP contribution >= 0.6 is 0 Å². The van der Waals surface area contributed by atoms with Crippen molar-refractivity contribution in [2.45, 2.75) is 39.5 Å². The summed E-state index contributed by atoms with van der Waals surface area (Å²) in [5, 5.41) is 0. The third kappa shape index (κ3) is 5.09. The first kappa shape index (κ1) is 21.4. The average Bonchev–Trinajstić information content (AvgIpc) is 3.15. The van der Waals surface area contributed by atoms with E-state index in [9.17, 15) is 9.59 Å². The zero-order valence-corrected chi connectivity index (χ0v) is 18.5. The lowest BCUT2D eigenvalue weighted by Gasteiger charge is -2.36. The van der Waals surface area contributed by atoms with Crippen LogP contribution < -0.4 is 4.90 Å². The number of amides is 2. The molecule has 31 heavy (non-hydrogen) atoms. The van der Waals surface area contributed by atoms with Crippen LogP contribution in [0.4, 0.5) is 5.82 Å². The second kappa shape index (κ2) is 9.54. The van der Waals surface area contributed by atoms with Crippen molar-refractivity contribution in [3.8, 4) is 0 Å². The highest BCUT2D eigenvalue weighted by molar-refractivity contribution is 5.95. The van der Waals surface area contributed by atoms with Gasteiger partial charge in [-0.3, -0.25) is 9.59 Å². The SMILES string of the molecule is Cc1cc(C(=O)N2CCC[C@@H](CCC(=O)N3CCN(c4ccccn4)CC3)C2)c(C)o1. The maximum atomic E-state index is 12.9. The highest BCUT2D eigenvalue weighted by Gasteiger charge is 2.28. The number of hydrogen-bond acceptors (Lipinski definition) is 5. The molecule has 0 saturated carbocycles. The molecule has 0 N–H and O–H groups in total. The van der Waals surface area contributed by atoms with Crippen molar-refractivity contribution in [1.82, 2.24) is 14.8 Å². The van der Waals surface area contributed by atoms with Gasteiger partial charge in [-0.05, 0) is 57.2 Å². The smallest absolute Gasteiger partial charge is 0.257 e. The zero-order chi connectivity index (χ0) is 21.8. The topological polar surface area (TPSA) is 69.9 Å². The predicted octanol–water partition coefficient (Wildman–Crippen LogP) is 3.27. The van der Waals surface area contributed by atoms with Gasteiger partial charge >= 0.3 is 0 Å². The summed E-state index contributed by atoms with van der Waals surface area (Å²) in [5.41, 5.74) is 0.667. The van der Waals surface area contributed by atoms with Crippen LogP contribution in [0, 0.1) is 19.8 Å². The van der Waals surface area contributed by atoms with Crippen LogP contribution in [0.5, 0.6) is 0 Å². The second-order valence-corrected chi connectivity index (χ2v) is 8.68. The van der Waals surface area contributed by atoms with Crippen LogP contribution in [0.3, 0.4) is 0 Å². The molecule has 2 aromatic rings. The van der Waals surface area contributed by atoms with E-state index >= 15 is 0 Å². The van der Waals surface area contributed by atoms with Crippen LogP contribution in [0.25, 0.3) is 0 Å². The fourth-order valence-corrected chi connectivity index (χ4v) is 4.71. The molecule has 1 atom stereocenters. The summed E-state index contributed by atoms with van der Waals surface area (Å²) in [7, 11) is 0. The molecule has 2 aliphatic heterocycles. The van der Waals surface area contributed by atoms with Gasteiger partial charge in [-0.25, -0.2) is 4.98 Å². The number of aryl methyl sites for hydroxylation is 2. The Balaban J connectivity index is 1.24. The monoisotopic (exact) mass is 424 g/mol. The number of anilines is 1. The van der Waals surface area contributed by atoms with Crippen molar-refractivity contribution in [3.63, 3.8) is 0 Å². The van der Waals surface area contributed by atoms with Crippen molar-refractivity contribution in [2.75, 3.05) is 44.2 Å². The Morgan fingerprint density at radius 3 is 2.58 bits per heavy atom. The number of carbonyl (C=O) groups excluding carboxylic acids is 2. The first-order chi connectivity index (χ1) is 15.0. The van der Waals surface area contributed by atoms with E-state index in [1.165, 1.54) is 0 Å². The molecule has 2 saturated heterocycles. The van der Waals surface area contributed by atoms with Gasteiger partial charge in [0.2, 0.25) is 5.91 Å². The number of rotatable bonds is 5. The molecule has 2 amide bonds. The molecule has 4 heterocycles. The molecule has 166 valence electrons. The van der Waals surface area contributed by atoms with Gasteiger partial charge in [0.1, 0.15) is 17.3 Å². The predicted molar refractivity (Wildman–Crippen MR) is 119 cm³/mol. The molecule has 7 heteroatoms. The van der Waals surface area contributed by atoms with E-state index < -0.39 is 0 Å². The van der Waals surface area contributed by atoms with E-state index in [1.54, 1.807) is 6.20 Å². The largest absolute Gasteiger partial charge is 0.466 e. The first-order valence-electron chi connectivity index (χ1n) is 11.3. The summed E-state index contributed by atoms with van der Waals surface area (Å²) in [6, 6.07) is 7.75. The molecule has 2 aliphatic rings. The molecule has 0 spiro atoms. The van der Waals surface area contributed by atoms with E-state index in [4.69, 9.17) is 4.42 Å². The third-order valence-electron chi connectivity index (χ3n) is 6.45. The lowest BCUT2D eigenvalue weighted by Crippen LogP contribution is -2.49. The van der Waals surface area contributed by atoms with Gasteiger partial charge in [0.15, 0.2) is 0 Å². The molecular weight excluding hydrogens is 392 g/mol. The van der Waals surface area contributed by atoms with Crippen molar-refractivity contribution in [1.29, 1.82) is 0 Å². The van der Waals surface area contributed by atoms with Gasteiger partial charge in [0, 0.05) is 51.9 Å². The fourth-order valence-electron chi connectivity index (χ4n) is 4.71. The van der Waals surface area contributed by atoms with Gasteiger partial charge in [0.05, 0.1) is 5.56 Å².